The summed E-state index contributed by atoms with van der Waals surface area (Å²) in [5.74, 6) is 0. The van der Waals surface area contributed by atoms with E-state index < -0.39 is 10.0 Å². The Morgan fingerprint density at radius 2 is 2.11 bits per heavy atom. The Labute approximate surface area is 118 Å². The standard InChI is InChI=1S/C12H16ClN3O2S/c1-2-15-6-3-7-16-19(17,18)11-5-4-10(9-14)12(13)8-11/h4-5,8,15-16H,2-3,6-7H2,1H3. The van der Waals surface area contributed by atoms with Crippen LogP contribution in [0, 0.1) is 11.3 Å². The molecule has 0 atom stereocenters. The Morgan fingerprint density at radius 1 is 1.37 bits per heavy atom. The summed E-state index contributed by atoms with van der Waals surface area (Å²) in [4.78, 5) is 0.0694. The fourth-order valence-corrected chi connectivity index (χ4v) is 2.82. The van der Waals surface area contributed by atoms with Gasteiger partial charge >= 0.3 is 0 Å². The van der Waals surface area contributed by atoms with Gasteiger partial charge in [-0.1, -0.05) is 18.5 Å². The minimum absolute atomic E-state index is 0.0694. The van der Waals surface area contributed by atoms with Crippen molar-refractivity contribution >= 4 is 21.6 Å². The second-order valence-corrected chi connectivity index (χ2v) is 6.03. The van der Waals surface area contributed by atoms with E-state index in [0.717, 1.165) is 13.1 Å². The Morgan fingerprint density at radius 3 is 2.68 bits per heavy atom. The molecule has 0 heterocycles. The number of hydrogen-bond acceptors (Lipinski definition) is 4. The maximum absolute atomic E-state index is 11.9. The molecule has 0 saturated carbocycles. The van der Waals surface area contributed by atoms with Crippen molar-refractivity contribution < 1.29 is 8.42 Å². The average molecular weight is 302 g/mol. The van der Waals surface area contributed by atoms with Gasteiger partial charge in [-0.25, -0.2) is 13.1 Å². The number of nitrogens with zero attached hydrogens (tertiary/aromatic N) is 1. The van der Waals surface area contributed by atoms with Crippen molar-refractivity contribution in [2.75, 3.05) is 19.6 Å². The van der Waals surface area contributed by atoms with Gasteiger partial charge in [0.05, 0.1) is 15.5 Å². The number of nitriles is 1. The van der Waals surface area contributed by atoms with Crippen LogP contribution in [0.15, 0.2) is 23.1 Å². The highest BCUT2D eigenvalue weighted by Crippen LogP contribution is 2.19. The molecule has 0 aliphatic heterocycles. The van der Waals surface area contributed by atoms with Crippen molar-refractivity contribution in [2.45, 2.75) is 18.2 Å². The fourth-order valence-electron chi connectivity index (χ4n) is 1.43. The first-order valence-corrected chi connectivity index (χ1v) is 7.77. The first kappa shape index (κ1) is 15.9. The van der Waals surface area contributed by atoms with E-state index in [1.165, 1.54) is 18.2 Å². The van der Waals surface area contributed by atoms with Gasteiger partial charge in [0.1, 0.15) is 6.07 Å². The lowest BCUT2D eigenvalue weighted by molar-refractivity contribution is 0.575. The summed E-state index contributed by atoms with van der Waals surface area (Å²) in [7, 11) is -3.57. The molecule has 5 nitrogen and oxygen atoms in total. The monoisotopic (exact) mass is 301 g/mol. The van der Waals surface area contributed by atoms with Gasteiger partial charge in [-0.05, 0) is 37.7 Å². The number of halogens is 1. The third-order valence-corrected chi connectivity index (χ3v) is 4.22. The van der Waals surface area contributed by atoms with E-state index in [-0.39, 0.29) is 15.5 Å². The van der Waals surface area contributed by atoms with Gasteiger partial charge < -0.3 is 5.32 Å². The Bertz CT molecular complexity index is 567. The molecule has 0 radical (unpaired) electrons. The molecule has 2 N–H and O–H groups in total. The smallest absolute Gasteiger partial charge is 0.240 e. The SMILES string of the molecule is CCNCCCNS(=O)(=O)c1ccc(C#N)c(Cl)c1. The number of nitrogens with one attached hydrogen (secondary N) is 2. The maximum Gasteiger partial charge on any atom is 0.240 e. The van der Waals surface area contributed by atoms with Crippen molar-refractivity contribution in [1.82, 2.24) is 10.0 Å². The van der Waals surface area contributed by atoms with Crippen molar-refractivity contribution in [3.05, 3.63) is 28.8 Å². The van der Waals surface area contributed by atoms with Gasteiger partial charge in [0.2, 0.25) is 10.0 Å². The van der Waals surface area contributed by atoms with Gasteiger partial charge in [-0.2, -0.15) is 5.26 Å². The molecule has 7 heteroatoms. The zero-order valence-corrected chi connectivity index (χ0v) is 12.2. The van der Waals surface area contributed by atoms with Crippen LogP contribution in [0.5, 0.6) is 0 Å². The molecule has 1 rings (SSSR count). The molecular weight excluding hydrogens is 286 g/mol. The summed E-state index contributed by atoms with van der Waals surface area (Å²) < 4.78 is 26.4. The molecule has 0 spiro atoms. The third kappa shape index (κ3) is 4.80. The highest BCUT2D eigenvalue weighted by Gasteiger charge is 2.14. The third-order valence-electron chi connectivity index (χ3n) is 2.44. The Balaban J connectivity index is 2.68. The van der Waals surface area contributed by atoms with E-state index in [2.05, 4.69) is 10.0 Å². The summed E-state index contributed by atoms with van der Waals surface area (Å²) in [5, 5.41) is 12.0. The van der Waals surface area contributed by atoms with Gasteiger partial charge in [0, 0.05) is 6.54 Å². The van der Waals surface area contributed by atoms with Crippen LogP contribution in [0.2, 0.25) is 5.02 Å². The van der Waals surface area contributed by atoms with Crippen LogP contribution in [0.4, 0.5) is 0 Å². The zero-order chi connectivity index (χ0) is 14.3. The van der Waals surface area contributed by atoms with Crippen LogP contribution in [0.1, 0.15) is 18.9 Å². The molecule has 0 saturated heterocycles. The molecule has 0 amide bonds. The second kappa shape index (κ2) is 7.46. The van der Waals surface area contributed by atoms with Crippen molar-refractivity contribution in [2.24, 2.45) is 0 Å². The van der Waals surface area contributed by atoms with Crippen LogP contribution in [0.3, 0.4) is 0 Å². The predicted molar refractivity (Wildman–Crippen MR) is 74.5 cm³/mol. The van der Waals surface area contributed by atoms with Gasteiger partial charge in [0.15, 0.2) is 0 Å². The summed E-state index contributed by atoms with van der Waals surface area (Å²) in [6.45, 7) is 3.96. The molecule has 0 fully saturated rings. The van der Waals surface area contributed by atoms with E-state index in [1.54, 1.807) is 0 Å². The number of hydrogen-bond donors (Lipinski definition) is 2. The topological polar surface area (TPSA) is 82.0 Å². The predicted octanol–water partition coefficient (Wildman–Crippen LogP) is 1.49. The quantitative estimate of drug-likeness (QED) is 0.748. The second-order valence-electron chi connectivity index (χ2n) is 3.86. The molecular formula is C12H16ClN3O2S. The van der Waals surface area contributed by atoms with Crippen molar-refractivity contribution in [3.63, 3.8) is 0 Å². The molecule has 0 aromatic heterocycles. The Kier molecular flexibility index (Phi) is 6.25. The largest absolute Gasteiger partial charge is 0.317 e. The minimum Gasteiger partial charge on any atom is -0.317 e. The lowest BCUT2D eigenvalue weighted by atomic mass is 10.2. The van der Waals surface area contributed by atoms with E-state index in [0.29, 0.717) is 13.0 Å². The molecule has 0 bridgehead atoms. The van der Waals surface area contributed by atoms with Crippen molar-refractivity contribution in [3.8, 4) is 6.07 Å². The van der Waals surface area contributed by atoms with E-state index >= 15 is 0 Å². The molecule has 104 valence electrons. The fraction of sp³-hybridized carbons (Fsp3) is 0.417. The van der Waals surface area contributed by atoms with E-state index in [9.17, 15) is 8.42 Å². The summed E-state index contributed by atoms with van der Waals surface area (Å²) in [5.41, 5.74) is 0.257. The van der Waals surface area contributed by atoms with E-state index in [1.807, 2.05) is 13.0 Å². The summed E-state index contributed by atoms with van der Waals surface area (Å²) in [6.07, 6.45) is 0.705. The minimum atomic E-state index is -3.57. The van der Waals surface area contributed by atoms with Crippen LogP contribution in [-0.2, 0) is 10.0 Å². The van der Waals surface area contributed by atoms with Crippen LogP contribution < -0.4 is 10.0 Å². The molecule has 0 aliphatic carbocycles. The first-order chi connectivity index (χ1) is 9.01. The first-order valence-electron chi connectivity index (χ1n) is 5.91. The van der Waals surface area contributed by atoms with E-state index in [4.69, 9.17) is 16.9 Å². The Hall–Kier alpha value is -1.13. The lowest BCUT2D eigenvalue weighted by Gasteiger charge is -2.07. The van der Waals surface area contributed by atoms with Gasteiger partial charge in [-0.3, -0.25) is 0 Å². The summed E-state index contributed by atoms with van der Waals surface area (Å²) in [6, 6.07) is 5.94. The normalized spacial score (nSPS) is 11.2. The van der Waals surface area contributed by atoms with Gasteiger partial charge in [0.25, 0.3) is 0 Å². The molecule has 1 aromatic rings. The molecule has 1 aromatic carbocycles. The average Bonchev–Trinajstić information content (AvgIpc) is 2.38. The molecule has 19 heavy (non-hydrogen) atoms. The van der Waals surface area contributed by atoms with Crippen molar-refractivity contribution in [1.29, 1.82) is 5.26 Å². The molecule has 0 unspecified atom stereocenters. The van der Waals surface area contributed by atoms with Gasteiger partial charge in [-0.15, -0.1) is 0 Å². The highest BCUT2D eigenvalue weighted by atomic mass is 35.5. The maximum atomic E-state index is 11.9. The zero-order valence-electron chi connectivity index (χ0n) is 10.6. The van der Waals surface area contributed by atoms with Crippen LogP contribution >= 0.6 is 11.6 Å². The number of sulfonamides is 1. The number of rotatable bonds is 7. The van der Waals surface area contributed by atoms with Crippen LogP contribution in [-0.4, -0.2) is 28.1 Å². The highest BCUT2D eigenvalue weighted by molar-refractivity contribution is 7.89. The molecule has 0 aliphatic rings. The van der Waals surface area contributed by atoms with Crippen LogP contribution in [0.25, 0.3) is 0 Å². The lowest BCUT2D eigenvalue weighted by Crippen LogP contribution is -2.27. The summed E-state index contributed by atoms with van der Waals surface area (Å²) >= 11 is 5.81. The number of benzene rings is 1.